The first-order valence-corrected chi connectivity index (χ1v) is 6.03. The van der Waals surface area contributed by atoms with E-state index in [1.165, 1.54) is 0 Å². The van der Waals surface area contributed by atoms with Crippen LogP contribution in [0, 0.1) is 5.41 Å². The first-order chi connectivity index (χ1) is 5.77. The summed E-state index contributed by atoms with van der Waals surface area (Å²) in [5.74, 6) is 0.108. The van der Waals surface area contributed by atoms with Gasteiger partial charge >= 0.3 is 0 Å². The van der Waals surface area contributed by atoms with Crippen LogP contribution in [-0.2, 0) is 14.9 Å². The molecule has 0 aliphatic rings. The van der Waals surface area contributed by atoms with Gasteiger partial charge < -0.3 is 0 Å². The molecular formula is C8H19NO3S. The molecule has 0 saturated heterocycles. The Balaban J connectivity index is 3.91. The third-order valence-corrected chi connectivity index (χ3v) is 2.56. The maximum absolute atomic E-state index is 11.2. The highest BCUT2D eigenvalue weighted by Gasteiger charge is 2.16. The maximum atomic E-state index is 11.2. The lowest BCUT2D eigenvalue weighted by atomic mass is 9.94. The zero-order valence-electron chi connectivity index (χ0n) is 8.75. The molecule has 0 heterocycles. The van der Waals surface area contributed by atoms with Gasteiger partial charge in [-0.15, -0.1) is 0 Å². The van der Waals surface area contributed by atoms with E-state index in [9.17, 15) is 8.42 Å². The molecule has 80 valence electrons. The second kappa shape index (κ2) is 4.93. The van der Waals surface area contributed by atoms with Crippen molar-refractivity contribution in [3.63, 3.8) is 0 Å². The molecule has 0 bridgehead atoms. The molecule has 0 amide bonds. The Morgan fingerprint density at radius 3 is 2.23 bits per heavy atom. The lowest BCUT2D eigenvalue weighted by Crippen LogP contribution is -2.28. The van der Waals surface area contributed by atoms with Crippen molar-refractivity contribution in [2.24, 2.45) is 5.41 Å². The first-order valence-electron chi connectivity index (χ1n) is 4.38. The monoisotopic (exact) mass is 209 g/mol. The van der Waals surface area contributed by atoms with Gasteiger partial charge in [0.25, 0.3) is 0 Å². The van der Waals surface area contributed by atoms with Gasteiger partial charge in [0.1, 0.15) is 0 Å². The van der Waals surface area contributed by atoms with Crippen LogP contribution in [0.1, 0.15) is 34.1 Å². The third-order valence-electron chi connectivity index (χ3n) is 1.45. The van der Waals surface area contributed by atoms with Crippen molar-refractivity contribution in [1.29, 1.82) is 0 Å². The van der Waals surface area contributed by atoms with Crippen molar-refractivity contribution in [3.8, 4) is 0 Å². The Morgan fingerprint density at radius 1 is 1.31 bits per heavy atom. The maximum Gasteiger partial charge on any atom is 0.233 e. The van der Waals surface area contributed by atoms with E-state index < -0.39 is 10.0 Å². The zero-order chi connectivity index (χ0) is 10.5. The van der Waals surface area contributed by atoms with Crippen molar-refractivity contribution in [3.05, 3.63) is 0 Å². The molecule has 0 aliphatic heterocycles. The quantitative estimate of drug-likeness (QED) is 0.694. The van der Waals surface area contributed by atoms with Gasteiger partial charge in [-0.3, -0.25) is 4.84 Å². The van der Waals surface area contributed by atoms with E-state index >= 15 is 0 Å². The van der Waals surface area contributed by atoms with E-state index in [2.05, 4.69) is 9.72 Å². The number of rotatable bonds is 5. The van der Waals surface area contributed by atoms with Crippen LogP contribution in [0.25, 0.3) is 0 Å². The SMILES string of the molecule is CCONS(=O)(=O)CCC(C)(C)C. The van der Waals surface area contributed by atoms with E-state index in [0.29, 0.717) is 13.0 Å². The molecule has 0 aromatic rings. The van der Waals surface area contributed by atoms with Crippen LogP contribution in [0.4, 0.5) is 0 Å². The van der Waals surface area contributed by atoms with Gasteiger partial charge in [-0.25, -0.2) is 8.42 Å². The summed E-state index contributed by atoms with van der Waals surface area (Å²) in [4.78, 5) is 6.68. The Labute approximate surface area is 80.7 Å². The summed E-state index contributed by atoms with van der Waals surface area (Å²) in [5.41, 5.74) is 0.0287. The fourth-order valence-electron chi connectivity index (χ4n) is 0.631. The highest BCUT2D eigenvalue weighted by Crippen LogP contribution is 2.18. The summed E-state index contributed by atoms with van der Waals surface area (Å²) >= 11 is 0. The van der Waals surface area contributed by atoms with Crippen molar-refractivity contribution < 1.29 is 13.3 Å². The highest BCUT2D eigenvalue weighted by molar-refractivity contribution is 7.89. The van der Waals surface area contributed by atoms with Crippen LogP contribution >= 0.6 is 0 Å². The predicted molar refractivity (Wildman–Crippen MR) is 52.6 cm³/mol. The minimum Gasteiger partial charge on any atom is -0.287 e. The molecule has 5 heteroatoms. The lowest BCUT2D eigenvalue weighted by Gasteiger charge is -2.17. The number of nitrogens with one attached hydrogen (secondary N) is 1. The molecule has 0 aliphatic carbocycles. The fourth-order valence-corrected chi connectivity index (χ4v) is 1.89. The van der Waals surface area contributed by atoms with E-state index in [-0.39, 0.29) is 11.2 Å². The van der Waals surface area contributed by atoms with E-state index in [1.807, 2.05) is 20.8 Å². The average Bonchev–Trinajstić information content (AvgIpc) is 1.97. The molecule has 4 nitrogen and oxygen atoms in total. The molecule has 0 saturated carbocycles. The van der Waals surface area contributed by atoms with Gasteiger partial charge in [0.15, 0.2) is 0 Å². The molecule has 0 spiro atoms. The normalized spacial score (nSPS) is 13.2. The van der Waals surface area contributed by atoms with Crippen LogP contribution in [0.5, 0.6) is 0 Å². The molecular weight excluding hydrogens is 190 g/mol. The van der Waals surface area contributed by atoms with Crippen molar-refractivity contribution in [2.45, 2.75) is 34.1 Å². The Morgan fingerprint density at radius 2 is 1.85 bits per heavy atom. The lowest BCUT2D eigenvalue weighted by molar-refractivity contribution is 0.105. The predicted octanol–water partition coefficient (Wildman–Crippen LogP) is 1.29. The van der Waals surface area contributed by atoms with Crippen molar-refractivity contribution in [2.75, 3.05) is 12.4 Å². The third kappa shape index (κ3) is 8.21. The van der Waals surface area contributed by atoms with Crippen molar-refractivity contribution >= 4 is 10.0 Å². The van der Waals surface area contributed by atoms with Crippen molar-refractivity contribution in [1.82, 2.24) is 4.89 Å². The number of sulfonamides is 1. The van der Waals surface area contributed by atoms with Gasteiger partial charge in [-0.2, -0.15) is 0 Å². The minimum atomic E-state index is -3.25. The second-order valence-corrected chi connectivity index (χ2v) is 5.95. The summed E-state index contributed by atoms with van der Waals surface area (Å²) < 4.78 is 22.4. The summed E-state index contributed by atoms with van der Waals surface area (Å²) in [6.07, 6.45) is 0.620. The molecule has 0 atom stereocenters. The minimum absolute atomic E-state index is 0.0287. The van der Waals surface area contributed by atoms with Gasteiger partial charge in [-0.1, -0.05) is 25.7 Å². The summed E-state index contributed by atoms with van der Waals surface area (Å²) in [5, 5.41) is 0. The molecule has 0 unspecified atom stereocenters. The molecule has 0 fully saturated rings. The molecule has 1 N–H and O–H groups in total. The molecule has 0 rings (SSSR count). The van der Waals surface area contributed by atoms with Crippen LogP contribution in [-0.4, -0.2) is 20.8 Å². The van der Waals surface area contributed by atoms with Gasteiger partial charge in [0.05, 0.1) is 12.4 Å². The second-order valence-electron chi connectivity index (χ2n) is 4.15. The van der Waals surface area contributed by atoms with E-state index in [4.69, 9.17) is 0 Å². The van der Waals surface area contributed by atoms with Gasteiger partial charge in [0.2, 0.25) is 10.0 Å². The molecule has 0 aromatic carbocycles. The smallest absolute Gasteiger partial charge is 0.233 e. The number of hydrogen-bond donors (Lipinski definition) is 1. The van der Waals surface area contributed by atoms with E-state index in [1.54, 1.807) is 6.92 Å². The fraction of sp³-hybridized carbons (Fsp3) is 1.00. The van der Waals surface area contributed by atoms with Crippen LogP contribution < -0.4 is 4.89 Å². The highest BCUT2D eigenvalue weighted by atomic mass is 32.2. The Kier molecular flexibility index (Phi) is 4.88. The Hall–Kier alpha value is -0.130. The molecule has 0 aromatic heterocycles. The first kappa shape index (κ1) is 12.9. The standard InChI is InChI=1S/C8H19NO3S/c1-5-12-9-13(10,11)7-6-8(2,3)4/h9H,5-7H2,1-4H3. The number of hydrogen-bond acceptors (Lipinski definition) is 3. The van der Waals surface area contributed by atoms with Gasteiger partial charge in [-0.05, 0) is 18.8 Å². The average molecular weight is 209 g/mol. The van der Waals surface area contributed by atoms with E-state index in [0.717, 1.165) is 0 Å². The van der Waals surface area contributed by atoms with Crippen LogP contribution in [0.2, 0.25) is 0 Å². The molecule has 13 heavy (non-hydrogen) atoms. The summed E-state index contributed by atoms with van der Waals surface area (Å²) in [6, 6.07) is 0. The van der Waals surface area contributed by atoms with Crippen LogP contribution in [0.3, 0.4) is 0 Å². The topological polar surface area (TPSA) is 55.4 Å². The summed E-state index contributed by atoms with van der Waals surface area (Å²) in [6.45, 7) is 8.08. The summed E-state index contributed by atoms with van der Waals surface area (Å²) in [7, 11) is -3.25. The largest absolute Gasteiger partial charge is 0.287 e. The zero-order valence-corrected chi connectivity index (χ0v) is 9.57. The van der Waals surface area contributed by atoms with Crippen LogP contribution in [0.15, 0.2) is 0 Å². The van der Waals surface area contributed by atoms with Gasteiger partial charge in [0, 0.05) is 0 Å². The molecule has 0 radical (unpaired) electrons. The Bertz CT molecular complexity index is 228.